The lowest BCUT2D eigenvalue weighted by Gasteiger charge is -2.10. The van der Waals surface area contributed by atoms with Crippen molar-refractivity contribution in [2.75, 3.05) is 13.2 Å². The first-order valence-corrected chi connectivity index (χ1v) is 10.1. The van der Waals surface area contributed by atoms with Crippen molar-refractivity contribution in [1.82, 2.24) is 29.8 Å². The van der Waals surface area contributed by atoms with Gasteiger partial charge in [-0.15, -0.1) is 0 Å². The number of alkyl halides is 3. The van der Waals surface area contributed by atoms with E-state index in [2.05, 4.69) is 25.3 Å². The Labute approximate surface area is 190 Å². The first kappa shape index (κ1) is 23.9. The van der Waals surface area contributed by atoms with E-state index in [1.54, 1.807) is 13.1 Å². The molecule has 3 aromatic heterocycles. The van der Waals surface area contributed by atoms with Crippen molar-refractivity contribution in [3.8, 4) is 11.4 Å². The highest BCUT2D eigenvalue weighted by atomic mass is 35.5. The van der Waals surface area contributed by atoms with Crippen molar-refractivity contribution < 1.29 is 22.7 Å². The molecule has 0 amide bonds. The summed E-state index contributed by atoms with van der Waals surface area (Å²) in [7, 11) is 0. The first-order valence-electron chi connectivity index (χ1n) is 9.35. The molecule has 3 aromatic rings. The molecule has 0 unspecified atom stereocenters. The number of halogens is 5. The van der Waals surface area contributed by atoms with Crippen molar-refractivity contribution in [2.24, 2.45) is 0 Å². The standard InChI is InChI=1S/C19H17Cl2F3N6O2/c1-2-32-17(31)16-28-13(15-12(20)9-26-18(21)29-15)10-30(16)7-6-25-8-11-4-3-5-14(27-11)19(22,23)24/h3-5,9-10,25H,2,6-8H2,1H3. The maximum Gasteiger partial charge on any atom is 0.433 e. The normalized spacial score (nSPS) is 11.6. The van der Waals surface area contributed by atoms with Gasteiger partial charge in [0.1, 0.15) is 17.1 Å². The highest BCUT2D eigenvalue weighted by Gasteiger charge is 2.32. The summed E-state index contributed by atoms with van der Waals surface area (Å²) in [5.41, 5.74) is -0.181. The van der Waals surface area contributed by atoms with Gasteiger partial charge in [-0.05, 0) is 30.7 Å². The van der Waals surface area contributed by atoms with Crippen molar-refractivity contribution in [3.05, 3.63) is 58.1 Å². The number of carbonyl (C=O) groups is 1. The monoisotopic (exact) mass is 488 g/mol. The Kier molecular flexibility index (Phi) is 7.64. The van der Waals surface area contributed by atoms with Crippen molar-refractivity contribution in [3.63, 3.8) is 0 Å². The maximum absolute atomic E-state index is 12.8. The zero-order valence-corrected chi connectivity index (χ0v) is 18.2. The molecule has 1 N–H and O–H groups in total. The molecule has 0 radical (unpaired) electrons. The Morgan fingerprint density at radius 2 is 2.00 bits per heavy atom. The minimum Gasteiger partial charge on any atom is -0.460 e. The number of rotatable bonds is 8. The van der Waals surface area contributed by atoms with Crippen LogP contribution in [0.1, 0.15) is 28.9 Å². The second-order valence-corrected chi connectivity index (χ2v) is 7.13. The topological polar surface area (TPSA) is 94.8 Å². The third kappa shape index (κ3) is 5.93. The molecule has 0 spiro atoms. The Bertz CT molecular complexity index is 1110. The Morgan fingerprint density at radius 1 is 1.22 bits per heavy atom. The fourth-order valence-electron chi connectivity index (χ4n) is 2.74. The number of carbonyl (C=O) groups excluding carboxylic acids is 1. The van der Waals surface area contributed by atoms with Crippen LogP contribution in [0.4, 0.5) is 13.2 Å². The summed E-state index contributed by atoms with van der Waals surface area (Å²) in [5, 5.41) is 3.16. The molecule has 32 heavy (non-hydrogen) atoms. The van der Waals surface area contributed by atoms with Gasteiger partial charge in [0.25, 0.3) is 0 Å². The molecule has 0 saturated heterocycles. The molecule has 170 valence electrons. The maximum atomic E-state index is 12.8. The minimum absolute atomic E-state index is 0.0200. The Hall–Kier alpha value is -2.76. The predicted octanol–water partition coefficient (Wildman–Crippen LogP) is 4.03. The van der Waals surface area contributed by atoms with Crippen LogP contribution in [0.2, 0.25) is 10.3 Å². The van der Waals surface area contributed by atoms with Crippen molar-refractivity contribution in [2.45, 2.75) is 26.2 Å². The predicted molar refractivity (Wildman–Crippen MR) is 110 cm³/mol. The minimum atomic E-state index is -4.51. The molecular weight excluding hydrogens is 472 g/mol. The lowest BCUT2D eigenvalue weighted by Crippen LogP contribution is -2.23. The third-order valence-corrected chi connectivity index (χ3v) is 4.58. The van der Waals surface area contributed by atoms with E-state index in [9.17, 15) is 18.0 Å². The van der Waals surface area contributed by atoms with E-state index in [1.807, 2.05) is 0 Å². The van der Waals surface area contributed by atoms with Crippen molar-refractivity contribution in [1.29, 1.82) is 0 Å². The summed E-state index contributed by atoms with van der Waals surface area (Å²) in [6.07, 6.45) is -1.64. The SMILES string of the molecule is CCOC(=O)c1nc(-c2nc(Cl)ncc2Cl)cn1CCNCc1cccc(C(F)(F)F)n1. The largest absolute Gasteiger partial charge is 0.460 e. The summed E-state index contributed by atoms with van der Waals surface area (Å²) in [4.78, 5) is 28.0. The average molecular weight is 489 g/mol. The van der Waals surface area contributed by atoms with E-state index in [1.165, 1.54) is 22.9 Å². The zero-order chi connectivity index (χ0) is 23.3. The van der Waals surface area contributed by atoms with Crippen LogP contribution < -0.4 is 5.32 Å². The van der Waals surface area contributed by atoms with E-state index >= 15 is 0 Å². The number of pyridine rings is 1. The number of ether oxygens (including phenoxy) is 1. The average Bonchev–Trinajstić information content (AvgIpc) is 3.17. The highest BCUT2D eigenvalue weighted by Crippen LogP contribution is 2.27. The van der Waals surface area contributed by atoms with Gasteiger partial charge in [0, 0.05) is 25.8 Å². The van der Waals surface area contributed by atoms with Crippen LogP contribution in [0, 0.1) is 0 Å². The second kappa shape index (κ2) is 10.2. The van der Waals surface area contributed by atoms with E-state index in [0.29, 0.717) is 12.2 Å². The molecule has 0 aliphatic carbocycles. The number of aromatic nitrogens is 5. The van der Waals surface area contributed by atoms with Gasteiger partial charge in [-0.3, -0.25) is 0 Å². The summed E-state index contributed by atoms with van der Waals surface area (Å²) >= 11 is 12.0. The number of hydrogen-bond acceptors (Lipinski definition) is 7. The van der Waals surface area contributed by atoms with E-state index in [-0.39, 0.29) is 47.2 Å². The first-order chi connectivity index (χ1) is 15.2. The van der Waals surface area contributed by atoms with Crippen LogP contribution in [0.25, 0.3) is 11.4 Å². The molecule has 0 fully saturated rings. The van der Waals surface area contributed by atoms with Crippen LogP contribution in [-0.2, 0) is 24.0 Å². The van der Waals surface area contributed by atoms with Gasteiger partial charge >= 0.3 is 12.1 Å². The van der Waals surface area contributed by atoms with Gasteiger partial charge in [-0.1, -0.05) is 17.7 Å². The molecule has 0 saturated carbocycles. The second-order valence-electron chi connectivity index (χ2n) is 6.39. The molecule has 0 atom stereocenters. The Morgan fingerprint density at radius 3 is 2.72 bits per heavy atom. The summed E-state index contributed by atoms with van der Waals surface area (Å²) in [5.74, 6) is -0.624. The molecule has 8 nitrogen and oxygen atoms in total. The zero-order valence-electron chi connectivity index (χ0n) is 16.7. The smallest absolute Gasteiger partial charge is 0.433 e. The fraction of sp³-hybridized carbons (Fsp3) is 0.316. The lowest BCUT2D eigenvalue weighted by atomic mass is 10.3. The lowest BCUT2D eigenvalue weighted by molar-refractivity contribution is -0.141. The van der Waals surface area contributed by atoms with Crippen LogP contribution in [0.15, 0.2) is 30.6 Å². The molecule has 0 bridgehead atoms. The van der Waals surface area contributed by atoms with Crippen LogP contribution in [-0.4, -0.2) is 43.6 Å². The molecule has 3 rings (SSSR count). The van der Waals surface area contributed by atoms with E-state index in [4.69, 9.17) is 27.9 Å². The van der Waals surface area contributed by atoms with Crippen LogP contribution >= 0.6 is 23.2 Å². The molecular formula is C19H17Cl2F3N6O2. The van der Waals surface area contributed by atoms with E-state index < -0.39 is 17.8 Å². The third-order valence-electron chi connectivity index (χ3n) is 4.12. The number of esters is 1. The number of nitrogens with zero attached hydrogens (tertiary/aromatic N) is 5. The van der Waals surface area contributed by atoms with Gasteiger partial charge in [0.05, 0.1) is 23.5 Å². The van der Waals surface area contributed by atoms with Gasteiger partial charge in [-0.2, -0.15) is 13.2 Å². The van der Waals surface area contributed by atoms with Gasteiger partial charge in [0.2, 0.25) is 11.1 Å². The summed E-state index contributed by atoms with van der Waals surface area (Å²) in [6.45, 7) is 2.49. The van der Waals surface area contributed by atoms with Gasteiger partial charge in [0.15, 0.2) is 0 Å². The van der Waals surface area contributed by atoms with E-state index in [0.717, 1.165) is 6.07 Å². The molecule has 0 aliphatic heterocycles. The molecule has 0 aromatic carbocycles. The summed E-state index contributed by atoms with van der Waals surface area (Å²) < 4.78 is 45.0. The fourth-order valence-corrected chi connectivity index (χ4v) is 3.06. The van der Waals surface area contributed by atoms with Crippen LogP contribution in [0.3, 0.4) is 0 Å². The number of hydrogen-bond donors (Lipinski definition) is 1. The number of nitrogens with one attached hydrogen (secondary N) is 1. The number of imidazole rings is 1. The quantitative estimate of drug-likeness (QED) is 0.290. The molecule has 0 aliphatic rings. The van der Waals surface area contributed by atoms with Crippen molar-refractivity contribution >= 4 is 29.2 Å². The van der Waals surface area contributed by atoms with Crippen LogP contribution in [0.5, 0.6) is 0 Å². The van der Waals surface area contributed by atoms with Gasteiger partial charge < -0.3 is 14.6 Å². The van der Waals surface area contributed by atoms with Gasteiger partial charge in [-0.25, -0.2) is 24.7 Å². The summed E-state index contributed by atoms with van der Waals surface area (Å²) in [6, 6.07) is 3.69. The molecule has 13 heteroatoms. The molecule has 3 heterocycles. The Balaban J connectivity index is 1.73. The highest BCUT2D eigenvalue weighted by molar-refractivity contribution is 6.33.